The van der Waals surface area contributed by atoms with Gasteiger partial charge in [-0.15, -0.1) is 0 Å². The molecular weight excluding hydrogens is 299 g/mol. The van der Waals surface area contributed by atoms with Crippen molar-refractivity contribution in [1.82, 2.24) is 0 Å². The van der Waals surface area contributed by atoms with E-state index in [9.17, 15) is 4.79 Å². The summed E-state index contributed by atoms with van der Waals surface area (Å²) < 4.78 is 10.9. The number of halogens is 2. The lowest BCUT2D eigenvalue weighted by molar-refractivity contribution is 0.112. The zero-order chi connectivity index (χ0) is 14.5. The van der Waals surface area contributed by atoms with Crippen molar-refractivity contribution in [3.05, 3.63) is 57.6 Å². The van der Waals surface area contributed by atoms with Crippen molar-refractivity contribution in [3.63, 3.8) is 0 Å². The molecule has 2 rings (SSSR count). The second-order valence-corrected chi connectivity index (χ2v) is 4.96. The fourth-order valence-corrected chi connectivity index (χ4v) is 2.26. The third-order valence-electron chi connectivity index (χ3n) is 2.67. The van der Waals surface area contributed by atoms with Gasteiger partial charge >= 0.3 is 0 Å². The Hall–Kier alpha value is -1.71. The minimum Gasteiger partial charge on any atom is -0.496 e. The first-order chi connectivity index (χ1) is 9.62. The first kappa shape index (κ1) is 14.7. The van der Waals surface area contributed by atoms with Gasteiger partial charge < -0.3 is 9.47 Å². The van der Waals surface area contributed by atoms with E-state index >= 15 is 0 Å². The molecule has 20 heavy (non-hydrogen) atoms. The minimum atomic E-state index is 0.252. The number of carbonyl (C=O) groups is 1. The van der Waals surface area contributed by atoms with Gasteiger partial charge in [-0.25, -0.2) is 0 Å². The molecule has 3 nitrogen and oxygen atoms in total. The number of hydrogen-bond acceptors (Lipinski definition) is 3. The summed E-state index contributed by atoms with van der Waals surface area (Å²) in [7, 11) is 1.57. The Kier molecular flexibility index (Phi) is 4.88. The van der Waals surface area contributed by atoms with E-state index in [1.807, 2.05) is 0 Å². The minimum absolute atomic E-state index is 0.252. The highest BCUT2D eigenvalue weighted by Gasteiger charge is 2.06. The quantitative estimate of drug-likeness (QED) is 0.768. The lowest BCUT2D eigenvalue weighted by atomic mass is 10.1. The maximum atomic E-state index is 10.8. The third kappa shape index (κ3) is 3.65. The molecule has 0 spiro atoms. The molecule has 0 radical (unpaired) electrons. The van der Waals surface area contributed by atoms with Gasteiger partial charge in [-0.3, -0.25) is 4.79 Å². The van der Waals surface area contributed by atoms with Crippen LogP contribution < -0.4 is 9.47 Å². The van der Waals surface area contributed by atoms with E-state index in [1.165, 1.54) is 0 Å². The summed E-state index contributed by atoms with van der Waals surface area (Å²) in [5.74, 6) is 1.21. The number of hydrogen-bond donors (Lipinski definition) is 0. The molecule has 2 aromatic carbocycles. The summed E-state index contributed by atoms with van der Waals surface area (Å²) in [5.41, 5.74) is 1.33. The molecule has 0 heterocycles. The zero-order valence-electron chi connectivity index (χ0n) is 10.7. The van der Waals surface area contributed by atoms with Crippen molar-refractivity contribution in [1.29, 1.82) is 0 Å². The van der Waals surface area contributed by atoms with Gasteiger partial charge in [0.1, 0.15) is 24.4 Å². The molecule has 0 N–H and O–H groups in total. The second-order valence-electron chi connectivity index (χ2n) is 4.08. The number of methoxy groups -OCH3 is 1. The summed E-state index contributed by atoms with van der Waals surface area (Å²) >= 11 is 11.8. The average Bonchev–Trinajstić information content (AvgIpc) is 2.43. The standard InChI is InChI=1S/C15H12Cl2O3/c1-19-15-3-2-10(8-18)4-11(15)9-20-14-6-12(16)5-13(17)7-14/h2-8H,9H2,1H3. The largest absolute Gasteiger partial charge is 0.496 e. The van der Waals surface area contributed by atoms with E-state index < -0.39 is 0 Å². The number of aldehydes is 1. The molecule has 0 aromatic heterocycles. The molecule has 0 aliphatic carbocycles. The molecule has 0 atom stereocenters. The van der Waals surface area contributed by atoms with Gasteiger partial charge in [0.05, 0.1) is 7.11 Å². The highest BCUT2D eigenvalue weighted by Crippen LogP contribution is 2.26. The van der Waals surface area contributed by atoms with Crippen LogP contribution in [0.2, 0.25) is 10.0 Å². The molecule has 0 aliphatic heterocycles. The summed E-state index contributed by atoms with van der Waals surface area (Å²) in [4.78, 5) is 10.8. The van der Waals surface area contributed by atoms with Gasteiger partial charge in [-0.1, -0.05) is 23.2 Å². The lowest BCUT2D eigenvalue weighted by Crippen LogP contribution is -2.00. The van der Waals surface area contributed by atoms with Crippen molar-refractivity contribution in [2.24, 2.45) is 0 Å². The van der Waals surface area contributed by atoms with Gasteiger partial charge in [0.25, 0.3) is 0 Å². The number of carbonyl (C=O) groups excluding carboxylic acids is 1. The van der Waals surface area contributed by atoms with Crippen molar-refractivity contribution in [2.75, 3.05) is 7.11 Å². The van der Waals surface area contributed by atoms with Crippen LogP contribution in [-0.2, 0) is 6.61 Å². The highest BCUT2D eigenvalue weighted by atomic mass is 35.5. The molecule has 104 valence electrons. The summed E-state index contributed by atoms with van der Waals surface area (Å²) in [6.07, 6.45) is 0.777. The molecule has 5 heteroatoms. The lowest BCUT2D eigenvalue weighted by Gasteiger charge is -2.11. The third-order valence-corrected chi connectivity index (χ3v) is 3.11. The molecule has 0 bridgehead atoms. The van der Waals surface area contributed by atoms with Gasteiger partial charge in [-0.05, 0) is 36.4 Å². The maximum Gasteiger partial charge on any atom is 0.150 e. The molecule has 0 amide bonds. The van der Waals surface area contributed by atoms with E-state index in [2.05, 4.69) is 0 Å². The van der Waals surface area contributed by atoms with Crippen LogP contribution in [0.5, 0.6) is 11.5 Å². The van der Waals surface area contributed by atoms with Crippen LogP contribution in [0.15, 0.2) is 36.4 Å². The van der Waals surface area contributed by atoms with Crippen LogP contribution in [0, 0.1) is 0 Å². The van der Waals surface area contributed by atoms with Crippen molar-refractivity contribution < 1.29 is 14.3 Å². The monoisotopic (exact) mass is 310 g/mol. The number of rotatable bonds is 5. The molecule has 0 aliphatic rings. The SMILES string of the molecule is COc1ccc(C=O)cc1COc1cc(Cl)cc(Cl)c1. The Morgan fingerprint density at radius 2 is 1.80 bits per heavy atom. The van der Waals surface area contributed by atoms with Crippen LogP contribution >= 0.6 is 23.2 Å². The van der Waals surface area contributed by atoms with Crippen LogP contribution in [-0.4, -0.2) is 13.4 Å². The highest BCUT2D eigenvalue weighted by molar-refractivity contribution is 6.34. The number of ether oxygens (including phenoxy) is 2. The molecular formula is C15H12Cl2O3. The summed E-state index contributed by atoms with van der Waals surface area (Å²) in [6.45, 7) is 0.252. The Bertz CT molecular complexity index is 606. The number of benzene rings is 2. The van der Waals surface area contributed by atoms with Crippen LogP contribution in [0.25, 0.3) is 0 Å². The van der Waals surface area contributed by atoms with Gasteiger partial charge in [-0.2, -0.15) is 0 Å². The predicted molar refractivity (Wildman–Crippen MR) is 79.2 cm³/mol. The summed E-state index contributed by atoms with van der Waals surface area (Å²) in [5, 5.41) is 1.00. The summed E-state index contributed by atoms with van der Waals surface area (Å²) in [6, 6.07) is 10.1. The van der Waals surface area contributed by atoms with Crippen LogP contribution in [0.1, 0.15) is 15.9 Å². The van der Waals surface area contributed by atoms with E-state index in [1.54, 1.807) is 43.5 Å². The smallest absolute Gasteiger partial charge is 0.150 e. The first-order valence-corrected chi connectivity index (χ1v) is 6.59. The average molecular weight is 311 g/mol. The van der Waals surface area contributed by atoms with Crippen molar-refractivity contribution in [2.45, 2.75) is 6.61 Å². The Balaban J connectivity index is 2.19. The Morgan fingerprint density at radius 3 is 2.40 bits per heavy atom. The second kappa shape index (κ2) is 6.64. The Morgan fingerprint density at radius 1 is 1.10 bits per heavy atom. The van der Waals surface area contributed by atoms with Gasteiger partial charge in [0.2, 0.25) is 0 Å². The van der Waals surface area contributed by atoms with Crippen LogP contribution in [0.3, 0.4) is 0 Å². The fourth-order valence-electron chi connectivity index (χ4n) is 1.76. The molecule has 0 fully saturated rings. The van der Waals surface area contributed by atoms with Crippen molar-refractivity contribution >= 4 is 29.5 Å². The topological polar surface area (TPSA) is 35.5 Å². The molecule has 2 aromatic rings. The van der Waals surface area contributed by atoms with E-state index in [-0.39, 0.29) is 6.61 Å². The van der Waals surface area contributed by atoms with E-state index in [4.69, 9.17) is 32.7 Å². The maximum absolute atomic E-state index is 10.8. The van der Waals surface area contributed by atoms with Gasteiger partial charge in [0, 0.05) is 21.2 Å². The van der Waals surface area contributed by atoms with Crippen molar-refractivity contribution in [3.8, 4) is 11.5 Å². The van der Waals surface area contributed by atoms with Crippen LogP contribution in [0.4, 0.5) is 0 Å². The molecule has 0 saturated carbocycles. The normalized spacial score (nSPS) is 10.2. The van der Waals surface area contributed by atoms with E-state index in [0.29, 0.717) is 27.1 Å². The fraction of sp³-hybridized carbons (Fsp3) is 0.133. The first-order valence-electron chi connectivity index (χ1n) is 5.83. The van der Waals surface area contributed by atoms with E-state index in [0.717, 1.165) is 11.8 Å². The predicted octanol–water partition coefficient (Wildman–Crippen LogP) is 4.39. The zero-order valence-corrected chi connectivity index (χ0v) is 12.2. The molecule has 0 unspecified atom stereocenters. The molecule has 0 saturated heterocycles. The van der Waals surface area contributed by atoms with Gasteiger partial charge in [0.15, 0.2) is 0 Å². The Labute approximate surface area is 127 Å².